The summed E-state index contributed by atoms with van der Waals surface area (Å²) in [7, 11) is -3.30. The van der Waals surface area contributed by atoms with Crippen LogP contribution in [0.4, 0.5) is 21.5 Å². The first-order valence-corrected chi connectivity index (χ1v) is 12.0. The van der Waals surface area contributed by atoms with E-state index in [0.717, 1.165) is 6.07 Å². The van der Waals surface area contributed by atoms with Gasteiger partial charge in [0.05, 0.1) is 22.2 Å². The molecule has 3 aromatic carbocycles. The van der Waals surface area contributed by atoms with E-state index < -0.39 is 27.7 Å². The van der Waals surface area contributed by atoms with Gasteiger partial charge in [0.25, 0.3) is 11.8 Å². The van der Waals surface area contributed by atoms with Gasteiger partial charge >= 0.3 is 0 Å². The van der Waals surface area contributed by atoms with Crippen LogP contribution in [-0.2, 0) is 10.0 Å². The highest BCUT2D eigenvalue weighted by molar-refractivity contribution is 7.93. The Morgan fingerprint density at radius 1 is 0.909 bits per heavy atom. The molecule has 1 heterocycles. The van der Waals surface area contributed by atoms with Gasteiger partial charge in [-0.05, 0) is 67.1 Å². The summed E-state index contributed by atoms with van der Waals surface area (Å²) in [5.41, 5.74) is 1.59. The first kappa shape index (κ1) is 22.8. The molecule has 0 saturated carbocycles. The number of hydrogen-bond acceptors (Lipinski definition) is 4. The van der Waals surface area contributed by atoms with Gasteiger partial charge in [0.2, 0.25) is 10.0 Å². The summed E-state index contributed by atoms with van der Waals surface area (Å²) in [5, 5.41) is 5.56. The second-order valence-electron chi connectivity index (χ2n) is 7.40. The van der Waals surface area contributed by atoms with E-state index in [1.54, 1.807) is 30.3 Å². The summed E-state index contributed by atoms with van der Waals surface area (Å²) in [4.78, 5) is 25.0. The minimum atomic E-state index is -3.30. The van der Waals surface area contributed by atoms with Crippen molar-refractivity contribution < 1.29 is 22.4 Å². The van der Waals surface area contributed by atoms with Gasteiger partial charge < -0.3 is 10.6 Å². The standard InChI is InChI=1S/C23H19ClFN3O4S/c24-20-10-7-18(14-21(20)27-23(30)16-3-1-4-17(25)13-16)26-22(29)15-5-8-19(9-6-15)28-11-2-12-33(28,31)32/h1,3-10,13-14H,2,11-12H2,(H,26,29)(H,27,30). The third-order valence-electron chi connectivity index (χ3n) is 5.08. The summed E-state index contributed by atoms with van der Waals surface area (Å²) < 4.78 is 38.8. The minimum Gasteiger partial charge on any atom is -0.322 e. The molecule has 1 saturated heterocycles. The normalized spacial score (nSPS) is 14.7. The van der Waals surface area contributed by atoms with Crippen LogP contribution >= 0.6 is 11.6 Å². The van der Waals surface area contributed by atoms with E-state index in [2.05, 4.69) is 10.6 Å². The van der Waals surface area contributed by atoms with E-state index in [-0.39, 0.29) is 22.0 Å². The first-order chi connectivity index (χ1) is 15.7. The number of rotatable bonds is 5. The van der Waals surface area contributed by atoms with Crippen molar-refractivity contribution in [2.24, 2.45) is 0 Å². The second-order valence-corrected chi connectivity index (χ2v) is 9.82. The molecule has 2 amide bonds. The van der Waals surface area contributed by atoms with Crippen LogP contribution in [0.5, 0.6) is 0 Å². The van der Waals surface area contributed by atoms with E-state index in [0.29, 0.717) is 29.9 Å². The molecule has 4 rings (SSSR count). The van der Waals surface area contributed by atoms with Crippen LogP contribution in [0, 0.1) is 5.82 Å². The lowest BCUT2D eigenvalue weighted by molar-refractivity contribution is 0.101. The lowest BCUT2D eigenvalue weighted by atomic mass is 10.1. The van der Waals surface area contributed by atoms with E-state index in [1.807, 2.05) is 0 Å². The van der Waals surface area contributed by atoms with Gasteiger partial charge in [-0.25, -0.2) is 12.8 Å². The van der Waals surface area contributed by atoms with Crippen LogP contribution < -0.4 is 14.9 Å². The van der Waals surface area contributed by atoms with Crippen molar-refractivity contribution in [1.29, 1.82) is 0 Å². The third kappa shape index (κ3) is 5.15. The lowest BCUT2D eigenvalue weighted by Gasteiger charge is -2.17. The first-order valence-electron chi connectivity index (χ1n) is 10.0. The van der Waals surface area contributed by atoms with Crippen LogP contribution in [-0.4, -0.2) is 32.5 Å². The van der Waals surface area contributed by atoms with E-state index in [9.17, 15) is 22.4 Å². The molecule has 3 aromatic rings. The number of amides is 2. The fourth-order valence-electron chi connectivity index (χ4n) is 3.43. The van der Waals surface area contributed by atoms with Crippen LogP contribution in [0.25, 0.3) is 0 Å². The van der Waals surface area contributed by atoms with Crippen molar-refractivity contribution in [2.45, 2.75) is 6.42 Å². The molecule has 170 valence electrons. The highest BCUT2D eigenvalue weighted by Gasteiger charge is 2.28. The zero-order chi connectivity index (χ0) is 23.6. The molecular weight excluding hydrogens is 469 g/mol. The van der Waals surface area contributed by atoms with Gasteiger partial charge in [-0.1, -0.05) is 17.7 Å². The van der Waals surface area contributed by atoms with Gasteiger partial charge in [-0.15, -0.1) is 0 Å². The zero-order valence-corrected chi connectivity index (χ0v) is 18.8. The Labute approximate surface area is 195 Å². The average molecular weight is 488 g/mol. The molecule has 0 spiro atoms. The summed E-state index contributed by atoms with van der Waals surface area (Å²) in [6.07, 6.45) is 0.569. The Morgan fingerprint density at radius 3 is 2.30 bits per heavy atom. The number of nitrogens with zero attached hydrogens (tertiary/aromatic N) is 1. The maximum Gasteiger partial charge on any atom is 0.255 e. The maximum atomic E-state index is 13.4. The summed E-state index contributed by atoms with van der Waals surface area (Å²) in [6, 6.07) is 16.1. The smallest absolute Gasteiger partial charge is 0.255 e. The Bertz CT molecular complexity index is 1330. The van der Waals surface area contributed by atoms with Gasteiger partial charge in [0, 0.05) is 23.4 Å². The molecule has 0 unspecified atom stereocenters. The van der Waals surface area contributed by atoms with Crippen molar-refractivity contribution in [3.63, 3.8) is 0 Å². The van der Waals surface area contributed by atoms with Crippen molar-refractivity contribution in [2.75, 3.05) is 27.2 Å². The number of sulfonamides is 1. The summed E-state index contributed by atoms with van der Waals surface area (Å²) in [6.45, 7) is 0.419. The molecule has 33 heavy (non-hydrogen) atoms. The topological polar surface area (TPSA) is 95.6 Å². The Morgan fingerprint density at radius 2 is 1.64 bits per heavy atom. The SMILES string of the molecule is O=C(Nc1ccc(Cl)c(NC(=O)c2cccc(F)c2)c1)c1ccc(N2CCCS2(=O)=O)cc1. The molecule has 1 aliphatic heterocycles. The lowest BCUT2D eigenvalue weighted by Crippen LogP contribution is -2.25. The predicted octanol–water partition coefficient (Wildman–Crippen LogP) is 4.52. The van der Waals surface area contributed by atoms with Crippen LogP contribution in [0.15, 0.2) is 66.7 Å². The largest absolute Gasteiger partial charge is 0.322 e. The molecule has 0 atom stereocenters. The number of nitrogens with one attached hydrogen (secondary N) is 2. The van der Waals surface area contributed by atoms with Crippen molar-refractivity contribution >= 4 is 50.5 Å². The highest BCUT2D eigenvalue weighted by atomic mass is 35.5. The fourth-order valence-corrected chi connectivity index (χ4v) is 5.16. The average Bonchev–Trinajstić information content (AvgIpc) is 3.15. The van der Waals surface area contributed by atoms with Gasteiger partial charge in [0.1, 0.15) is 5.82 Å². The molecule has 0 aliphatic carbocycles. The molecule has 7 nitrogen and oxygen atoms in total. The van der Waals surface area contributed by atoms with E-state index in [1.165, 1.54) is 34.6 Å². The molecule has 10 heteroatoms. The van der Waals surface area contributed by atoms with Crippen molar-refractivity contribution in [1.82, 2.24) is 0 Å². The molecule has 0 aromatic heterocycles. The van der Waals surface area contributed by atoms with Crippen LogP contribution in [0.2, 0.25) is 5.02 Å². The van der Waals surface area contributed by atoms with Crippen molar-refractivity contribution in [3.05, 3.63) is 88.7 Å². The zero-order valence-electron chi connectivity index (χ0n) is 17.2. The highest BCUT2D eigenvalue weighted by Crippen LogP contribution is 2.27. The number of halogens is 2. The number of carbonyl (C=O) groups is 2. The van der Waals surface area contributed by atoms with Crippen LogP contribution in [0.1, 0.15) is 27.1 Å². The number of carbonyl (C=O) groups excluding carboxylic acids is 2. The molecule has 2 N–H and O–H groups in total. The monoisotopic (exact) mass is 487 g/mol. The summed E-state index contributed by atoms with van der Waals surface area (Å²) >= 11 is 6.16. The molecular formula is C23H19ClFN3O4S. The van der Waals surface area contributed by atoms with E-state index in [4.69, 9.17) is 11.6 Å². The van der Waals surface area contributed by atoms with Gasteiger partial charge in [-0.3, -0.25) is 13.9 Å². The Hall–Kier alpha value is -3.43. The van der Waals surface area contributed by atoms with Gasteiger partial charge in [-0.2, -0.15) is 0 Å². The third-order valence-corrected chi connectivity index (χ3v) is 7.28. The van der Waals surface area contributed by atoms with Gasteiger partial charge in [0.15, 0.2) is 0 Å². The molecule has 1 fully saturated rings. The number of anilines is 3. The Balaban J connectivity index is 1.47. The van der Waals surface area contributed by atoms with Crippen molar-refractivity contribution in [3.8, 4) is 0 Å². The molecule has 0 radical (unpaired) electrons. The number of benzene rings is 3. The Kier molecular flexibility index (Phi) is 6.35. The molecule has 0 bridgehead atoms. The quantitative estimate of drug-likeness (QED) is 0.553. The molecule has 1 aliphatic rings. The maximum absolute atomic E-state index is 13.4. The minimum absolute atomic E-state index is 0.115. The fraction of sp³-hybridized carbons (Fsp3) is 0.130. The second kappa shape index (κ2) is 9.21. The number of hydrogen-bond donors (Lipinski definition) is 2. The summed E-state index contributed by atoms with van der Waals surface area (Å²) in [5.74, 6) is -1.39. The predicted molar refractivity (Wildman–Crippen MR) is 126 cm³/mol. The van der Waals surface area contributed by atoms with E-state index >= 15 is 0 Å². The van der Waals surface area contributed by atoms with Crippen LogP contribution in [0.3, 0.4) is 0 Å².